The molecule has 11 heteroatoms. The van der Waals surface area contributed by atoms with Crippen LogP contribution >= 0.6 is 0 Å². The van der Waals surface area contributed by atoms with Crippen molar-refractivity contribution in [1.29, 1.82) is 0 Å². The fraction of sp³-hybridized carbons (Fsp3) is 0.136. The number of pyridine rings is 1. The highest BCUT2D eigenvalue weighted by Crippen LogP contribution is 2.32. The summed E-state index contributed by atoms with van der Waals surface area (Å²) < 4.78 is 54.5. The van der Waals surface area contributed by atoms with Crippen molar-refractivity contribution >= 4 is 28.4 Å². The van der Waals surface area contributed by atoms with Gasteiger partial charge in [0.2, 0.25) is 5.91 Å². The molecule has 1 N–H and O–H groups in total. The lowest BCUT2D eigenvalue weighted by atomic mass is 10.0. The molecule has 0 saturated heterocycles. The Morgan fingerprint density at radius 2 is 1.91 bits per heavy atom. The Hall–Kier alpha value is -4.15. The second-order valence-electron chi connectivity index (χ2n) is 7.21. The molecule has 1 amide bonds. The van der Waals surface area contributed by atoms with Gasteiger partial charge in [-0.3, -0.25) is 14.6 Å². The van der Waals surface area contributed by atoms with Crippen molar-refractivity contribution < 1.29 is 27.2 Å². The van der Waals surface area contributed by atoms with Gasteiger partial charge >= 0.3 is 6.18 Å². The number of halogens is 4. The second-order valence-corrected chi connectivity index (χ2v) is 7.21. The molecule has 3 heterocycles. The van der Waals surface area contributed by atoms with Gasteiger partial charge in [0, 0.05) is 36.6 Å². The Balaban J connectivity index is 1.54. The van der Waals surface area contributed by atoms with Gasteiger partial charge in [-0.15, -0.1) is 0 Å². The summed E-state index contributed by atoms with van der Waals surface area (Å²) in [6, 6.07) is 4.11. The topological polar surface area (TPSA) is 89.8 Å². The van der Waals surface area contributed by atoms with Crippen LogP contribution in [-0.4, -0.2) is 31.2 Å². The molecular weight excluding hydrogens is 442 g/mol. The maximum absolute atomic E-state index is 14.2. The molecule has 1 aromatic carbocycles. The van der Waals surface area contributed by atoms with Crippen LogP contribution in [0.1, 0.15) is 27.0 Å². The molecule has 0 aliphatic rings. The van der Waals surface area contributed by atoms with Crippen LogP contribution in [0.15, 0.2) is 55.4 Å². The molecule has 33 heavy (non-hydrogen) atoms. The van der Waals surface area contributed by atoms with Gasteiger partial charge in [0.25, 0.3) is 0 Å². The van der Waals surface area contributed by atoms with Crippen LogP contribution in [0, 0.1) is 5.82 Å². The van der Waals surface area contributed by atoms with Crippen molar-refractivity contribution in [2.45, 2.75) is 12.6 Å². The highest BCUT2D eigenvalue weighted by atomic mass is 19.4. The van der Waals surface area contributed by atoms with Gasteiger partial charge in [-0.25, -0.2) is 14.4 Å². The largest absolute Gasteiger partial charge is 0.419 e. The number of benzene rings is 1. The fourth-order valence-corrected chi connectivity index (χ4v) is 3.40. The number of carbonyl (C=O) groups excluding carboxylic acids is 2. The Labute approximate surface area is 184 Å². The average molecular weight is 457 g/mol. The Morgan fingerprint density at radius 1 is 1.12 bits per heavy atom. The minimum absolute atomic E-state index is 0.134. The number of rotatable bonds is 5. The average Bonchev–Trinajstić information content (AvgIpc) is 3.11. The van der Waals surface area contributed by atoms with Crippen molar-refractivity contribution in [1.82, 2.24) is 19.5 Å². The molecule has 168 valence electrons. The van der Waals surface area contributed by atoms with Crippen LogP contribution in [0.3, 0.4) is 0 Å². The Bertz CT molecular complexity index is 1380. The Morgan fingerprint density at radius 3 is 2.67 bits per heavy atom. The number of nitrogens with one attached hydrogen (secondary N) is 1. The molecule has 0 radical (unpaired) electrons. The van der Waals surface area contributed by atoms with Crippen molar-refractivity contribution in [3.63, 3.8) is 0 Å². The van der Waals surface area contributed by atoms with Gasteiger partial charge < -0.3 is 9.88 Å². The van der Waals surface area contributed by atoms with E-state index in [1.807, 2.05) is 0 Å². The number of hydrogen-bond acceptors (Lipinski definition) is 5. The van der Waals surface area contributed by atoms with Crippen LogP contribution in [0.4, 0.5) is 23.2 Å². The lowest BCUT2D eigenvalue weighted by Crippen LogP contribution is -2.17. The normalized spacial score (nSPS) is 11.5. The van der Waals surface area contributed by atoms with E-state index in [9.17, 15) is 27.2 Å². The van der Waals surface area contributed by atoms with Gasteiger partial charge in [0.05, 0.1) is 29.4 Å². The first-order valence-electron chi connectivity index (χ1n) is 9.54. The molecule has 3 aromatic heterocycles. The summed E-state index contributed by atoms with van der Waals surface area (Å²) >= 11 is 0. The number of fused-ring (bicyclic) bond motifs is 1. The van der Waals surface area contributed by atoms with Crippen molar-refractivity contribution in [3.05, 3.63) is 83.5 Å². The van der Waals surface area contributed by atoms with E-state index in [-0.39, 0.29) is 17.0 Å². The molecule has 0 aliphatic heterocycles. The lowest BCUT2D eigenvalue weighted by molar-refractivity contribution is -0.140. The highest BCUT2D eigenvalue weighted by Gasteiger charge is 2.35. The van der Waals surface area contributed by atoms with Gasteiger partial charge in [-0.2, -0.15) is 13.2 Å². The smallest absolute Gasteiger partial charge is 0.335 e. The fourth-order valence-electron chi connectivity index (χ4n) is 3.40. The number of aryl methyl sites for hydroxylation is 1. The zero-order valence-electron chi connectivity index (χ0n) is 17.0. The monoisotopic (exact) mass is 457 g/mol. The minimum Gasteiger partial charge on any atom is -0.335 e. The summed E-state index contributed by atoms with van der Waals surface area (Å²) in [5.41, 5.74) is -0.651. The molecule has 0 spiro atoms. The molecule has 7 nitrogen and oxygen atoms in total. The number of amides is 1. The van der Waals surface area contributed by atoms with Crippen LogP contribution in [-0.2, 0) is 24.4 Å². The van der Waals surface area contributed by atoms with E-state index in [2.05, 4.69) is 20.3 Å². The second kappa shape index (κ2) is 8.41. The number of nitrogens with zero attached hydrogens (tertiary/aromatic N) is 4. The third-order valence-corrected chi connectivity index (χ3v) is 4.90. The predicted molar refractivity (Wildman–Crippen MR) is 110 cm³/mol. The number of aromatic nitrogens is 4. The molecule has 0 fully saturated rings. The maximum Gasteiger partial charge on any atom is 0.419 e. The molecule has 0 atom stereocenters. The first-order valence-corrected chi connectivity index (χ1v) is 9.54. The van der Waals surface area contributed by atoms with Crippen molar-refractivity contribution in [3.8, 4) is 0 Å². The molecule has 4 rings (SSSR count). The van der Waals surface area contributed by atoms with Crippen LogP contribution in [0.25, 0.3) is 11.0 Å². The number of anilines is 1. The first-order chi connectivity index (χ1) is 15.6. The third-order valence-electron chi connectivity index (χ3n) is 4.90. The Kier molecular flexibility index (Phi) is 5.62. The third kappa shape index (κ3) is 4.43. The minimum atomic E-state index is -4.87. The van der Waals surface area contributed by atoms with E-state index in [4.69, 9.17) is 0 Å². The van der Waals surface area contributed by atoms with E-state index >= 15 is 0 Å². The highest BCUT2D eigenvalue weighted by molar-refractivity contribution is 6.16. The first kappa shape index (κ1) is 22.1. The molecule has 0 aliphatic carbocycles. The van der Waals surface area contributed by atoms with E-state index in [0.717, 1.165) is 12.1 Å². The lowest BCUT2D eigenvalue weighted by Gasteiger charge is -2.11. The van der Waals surface area contributed by atoms with Crippen LogP contribution in [0.2, 0.25) is 0 Å². The molecule has 4 aromatic rings. The molecule has 0 saturated carbocycles. The summed E-state index contributed by atoms with van der Waals surface area (Å²) in [6.45, 7) is 0. The van der Waals surface area contributed by atoms with Crippen molar-refractivity contribution in [2.24, 2.45) is 7.05 Å². The molecule has 0 bridgehead atoms. The summed E-state index contributed by atoms with van der Waals surface area (Å²) in [4.78, 5) is 37.3. The summed E-state index contributed by atoms with van der Waals surface area (Å²) in [5, 5.41) is 2.97. The van der Waals surface area contributed by atoms with Crippen molar-refractivity contribution in [2.75, 3.05) is 5.32 Å². The van der Waals surface area contributed by atoms with Gasteiger partial charge in [-0.1, -0.05) is 12.1 Å². The SMILES string of the molecule is Cn1cc(C(=O)c2cncc(NC(=O)Cc3cccc(C(F)(F)F)c3F)c2)c2cncnc21. The summed E-state index contributed by atoms with van der Waals surface area (Å²) in [6.07, 6.45) is 1.55. The van der Waals surface area contributed by atoms with E-state index in [1.165, 1.54) is 31.0 Å². The quantitative estimate of drug-likeness (QED) is 0.362. The van der Waals surface area contributed by atoms with E-state index < -0.39 is 35.4 Å². The summed E-state index contributed by atoms with van der Waals surface area (Å²) in [5.74, 6) is -2.65. The number of carbonyl (C=O) groups is 2. The predicted octanol–water partition coefficient (Wildman–Crippen LogP) is 3.93. The van der Waals surface area contributed by atoms with Gasteiger partial charge in [-0.05, 0) is 17.7 Å². The van der Waals surface area contributed by atoms with Gasteiger partial charge in [0.1, 0.15) is 17.8 Å². The van der Waals surface area contributed by atoms with Crippen LogP contribution < -0.4 is 5.32 Å². The van der Waals surface area contributed by atoms with Gasteiger partial charge in [0.15, 0.2) is 5.78 Å². The number of ketones is 1. The molecule has 0 unspecified atom stereocenters. The number of hydrogen-bond donors (Lipinski definition) is 1. The van der Waals surface area contributed by atoms with E-state index in [1.54, 1.807) is 17.8 Å². The zero-order chi connectivity index (χ0) is 23.8. The maximum atomic E-state index is 14.2. The standard InChI is InChI=1S/C22H15F4N5O2/c1-31-10-16(15-9-28-11-29-21(15)31)20(33)13-5-14(8-27-7-13)30-18(32)6-12-3-2-4-17(19(12)23)22(24,25)26/h2-5,7-11H,6H2,1H3,(H,30,32). The zero-order valence-corrected chi connectivity index (χ0v) is 17.0. The van der Waals surface area contributed by atoms with Crippen LogP contribution in [0.5, 0.6) is 0 Å². The number of alkyl halides is 3. The van der Waals surface area contributed by atoms with E-state index in [0.29, 0.717) is 22.7 Å². The summed E-state index contributed by atoms with van der Waals surface area (Å²) in [7, 11) is 1.73. The molecular formula is C22H15F4N5O2.